The molecule has 3 N–H and O–H groups in total. The average molecular weight is 410 g/mol. The number of carboxylic acid groups (broad SMARTS) is 1. The Bertz CT molecular complexity index is 670. The summed E-state index contributed by atoms with van der Waals surface area (Å²) in [6, 6.07) is -0.211. The van der Waals surface area contributed by atoms with E-state index in [2.05, 4.69) is 10.2 Å². The van der Waals surface area contributed by atoms with Gasteiger partial charge >= 0.3 is 5.97 Å². The highest BCUT2D eigenvalue weighted by Crippen LogP contribution is 2.51. The molecule has 28 heavy (non-hydrogen) atoms. The number of rotatable bonds is 7. The molecular weight excluding hydrogens is 378 g/mol. The Balaban J connectivity index is 1.33. The molecule has 0 aliphatic carbocycles. The molecule has 4 aliphatic heterocycles. The number of aliphatic carboxylic acids is 1. The van der Waals surface area contributed by atoms with Crippen LogP contribution in [-0.4, -0.2) is 82.0 Å². The minimum absolute atomic E-state index is 0.0304. The lowest BCUT2D eigenvalue weighted by Crippen LogP contribution is -2.63. The number of carboxylic acids is 1. The molecule has 7 nitrogen and oxygen atoms in total. The number of carbonyl (C=O) groups excluding carboxylic acids is 1. The van der Waals surface area contributed by atoms with Crippen LogP contribution in [0, 0.1) is 17.8 Å². The first kappa shape index (κ1) is 20.2. The van der Waals surface area contributed by atoms with E-state index in [1.165, 1.54) is 24.2 Å². The number of hydrogen-bond donors (Lipinski definition) is 3. The summed E-state index contributed by atoms with van der Waals surface area (Å²) < 4.78 is 0. The fraction of sp³-hybridized carbons (Fsp3) is 0.800. The smallest absolute Gasteiger partial charge is 0.353 e. The minimum Gasteiger partial charge on any atom is -0.477 e. The molecule has 4 heterocycles. The molecular formula is C20H31N3O4S. The second-order valence-electron chi connectivity index (χ2n) is 8.75. The first-order chi connectivity index (χ1) is 13.4. The molecule has 4 atom stereocenters. The number of carbonyl (C=O) groups is 2. The number of nitrogens with zero attached hydrogens (tertiary/aromatic N) is 2. The Morgan fingerprint density at radius 2 is 2.00 bits per heavy atom. The lowest BCUT2D eigenvalue weighted by atomic mass is 9.79. The van der Waals surface area contributed by atoms with Gasteiger partial charge in [0.15, 0.2) is 0 Å². The first-order valence-electron chi connectivity index (χ1n) is 10.5. The standard InChI is InChI=1S/C20H31N3O4S/c1-11-16-15(12(2)24)19(25)23(16)17(20(26)27)18(11)28-14-9-22(10-14)8-5-13-3-6-21-7-4-13/h11-16,21,24H,3-10H2,1-2H3,(H,26,27)/t11-,12-,15-,16-/m1/s1. The topological polar surface area (TPSA) is 93.1 Å². The van der Waals surface area contributed by atoms with Gasteiger partial charge in [-0.3, -0.25) is 4.79 Å². The Hall–Kier alpha value is -1.09. The third-order valence-corrected chi connectivity index (χ3v) is 8.29. The average Bonchev–Trinajstić information content (AvgIpc) is 2.86. The number of β-lactam (4-membered cyclic amide) rings is 1. The summed E-state index contributed by atoms with van der Waals surface area (Å²) >= 11 is 1.64. The van der Waals surface area contributed by atoms with Crippen molar-refractivity contribution in [3.05, 3.63) is 10.6 Å². The number of nitrogens with one attached hydrogen (secondary N) is 1. The van der Waals surface area contributed by atoms with Crippen molar-refractivity contribution in [2.24, 2.45) is 17.8 Å². The van der Waals surface area contributed by atoms with Gasteiger partial charge in [-0.25, -0.2) is 4.79 Å². The molecule has 3 fully saturated rings. The molecule has 4 rings (SSSR count). The van der Waals surface area contributed by atoms with E-state index in [0.29, 0.717) is 5.25 Å². The number of aliphatic hydroxyl groups excluding tert-OH is 1. The fourth-order valence-electron chi connectivity index (χ4n) is 5.17. The van der Waals surface area contributed by atoms with Gasteiger partial charge in [-0.2, -0.15) is 0 Å². The summed E-state index contributed by atoms with van der Waals surface area (Å²) in [7, 11) is 0. The lowest BCUT2D eigenvalue weighted by Gasteiger charge is -2.46. The normalized spacial score (nSPS) is 32.9. The highest BCUT2D eigenvalue weighted by molar-refractivity contribution is 8.03. The van der Waals surface area contributed by atoms with Crippen molar-refractivity contribution in [3.8, 4) is 0 Å². The Morgan fingerprint density at radius 1 is 1.32 bits per heavy atom. The van der Waals surface area contributed by atoms with Crippen molar-refractivity contribution >= 4 is 23.6 Å². The van der Waals surface area contributed by atoms with Crippen LogP contribution in [0.2, 0.25) is 0 Å². The highest BCUT2D eigenvalue weighted by Gasteiger charge is 2.60. The monoisotopic (exact) mass is 409 g/mol. The number of amides is 1. The number of likely N-dealkylation sites (tertiary alicyclic amines) is 1. The summed E-state index contributed by atoms with van der Waals surface area (Å²) in [4.78, 5) is 28.9. The van der Waals surface area contributed by atoms with Crippen LogP contribution in [0.1, 0.15) is 33.1 Å². The molecule has 0 aromatic carbocycles. The van der Waals surface area contributed by atoms with Crippen molar-refractivity contribution < 1.29 is 19.8 Å². The van der Waals surface area contributed by atoms with E-state index in [0.717, 1.165) is 43.5 Å². The molecule has 0 spiro atoms. The number of fused-ring (bicyclic) bond motifs is 1. The maximum atomic E-state index is 12.4. The van der Waals surface area contributed by atoms with E-state index >= 15 is 0 Å². The Labute approximate surface area is 170 Å². The predicted molar refractivity (Wildman–Crippen MR) is 108 cm³/mol. The molecule has 1 amide bonds. The van der Waals surface area contributed by atoms with E-state index in [4.69, 9.17) is 0 Å². The summed E-state index contributed by atoms with van der Waals surface area (Å²) in [5, 5.41) is 23.4. The summed E-state index contributed by atoms with van der Waals surface area (Å²) in [6.07, 6.45) is 3.05. The van der Waals surface area contributed by atoms with Gasteiger partial charge in [0.2, 0.25) is 5.91 Å². The van der Waals surface area contributed by atoms with Crippen molar-refractivity contribution in [2.75, 3.05) is 32.7 Å². The maximum Gasteiger partial charge on any atom is 0.353 e. The fourth-order valence-corrected chi connectivity index (χ4v) is 6.75. The molecule has 3 saturated heterocycles. The van der Waals surface area contributed by atoms with Crippen LogP contribution < -0.4 is 5.32 Å². The molecule has 156 valence electrons. The highest BCUT2D eigenvalue weighted by atomic mass is 32.2. The maximum absolute atomic E-state index is 12.4. The SMILES string of the molecule is C[C@@H](O)[C@H]1C(=O)N2C(C(=O)O)=C(SC3CN(CCC4CCNCC4)C3)[C@H](C)[C@H]12. The van der Waals surface area contributed by atoms with E-state index in [9.17, 15) is 19.8 Å². The number of thioether (sulfide) groups is 1. The molecule has 0 bridgehead atoms. The van der Waals surface area contributed by atoms with Crippen molar-refractivity contribution in [3.63, 3.8) is 0 Å². The molecule has 0 radical (unpaired) electrons. The van der Waals surface area contributed by atoms with E-state index in [1.54, 1.807) is 18.7 Å². The number of piperidine rings is 1. The third kappa shape index (κ3) is 3.49. The molecule has 4 aliphatic rings. The molecule has 8 heteroatoms. The van der Waals surface area contributed by atoms with Gasteiger partial charge in [-0.1, -0.05) is 6.92 Å². The van der Waals surface area contributed by atoms with Crippen LogP contribution in [0.15, 0.2) is 10.6 Å². The molecule has 0 aromatic rings. The van der Waals surface area contributed by atoms with Crippen molar-refractivity contribution in [2.45, 2.75) is 50.5 Å². The summed E-state index contributed by atoms with van der Waals surface area (Å²) in [5.74, 6) is -0.966. The van der Waals surface area contributed by atoms with Gasteiger partial charge in [0.25, 0.3) is 0 Å². The molecule has 0 saturated carbocycles. The van der Waals surface area contributed by atoms with Crippen molar-refractivity contribution in [1.29, 1.82) is 0 Å². The van der Waals surface area contributed by atoms with Crippen LogP contribution in [0.3, 0.4) is 0 Å². The van der Waals surface area contributed by atoms with Crippen LogP contribution >= 0.6 is 11.8 Å². The van der Waals surface area contributed by atoms with E-state index in [-0.39, 0.29) is 23.6 Å². The van der Waals surface area contributed by atoms with Gasteiger partial charge in [0, 0.05) is 29.2 Å². The molecule has 0 unspecified atom stereocenters. The zero-order valence-electron chi connectivity index (χ0n) is 16.6. The van der Waals surface area contributed by atoms with E-state index in [1.807, 2.05) is 6.92 Å². The van der Waals surface area contributed by atoms with Gasteiger partial charge < -0.3 is 25.3 Å². The largest absolute Gasteiger partial charge is 0.477 e. The lowest BCUT2D eigenvalue weighted by molar-refractivity contribution is -0.163. The quantitative estimate of drug-likeness (QED) is 0.539. The Morgan fingerprint density at radius 3 is 2.61 bits per heavy atom. The summed E-state index contributed by atoms with van der Waals surface area (Å²) in [5.41, 5.74) is 0.151. The van der Waals surface area contributed by atoms with Gasteiger partial charge in [0.05, 0.1) is 18.1 Å². The third-order valence-electron chi connectivity index (χ3n) is 6.84. The van der Waals surface area contributed by atoms with Gasteiger partial charge in [-0.15, -0.1) is 11.8 Å². The summed E-state index contributed by atoms with van der Waals surface area (Å²) in [6.45, 7) is 8.97. The van der Waals surface area contributed by atoms with Crippen LogP contribution in [0.25, 0.3) is 0 Å². The number of aliphatic hydroxyl groups is 1. The van der Waals surface area contributed by atoms with Crippen LogP contribution in [0.4, 0.5) is 0 Å². The second kappa shape index (κ2) is 7.97. The zero-order chi connectivity index (χ0) is 20.0. The van der Waals surface area contributed by atoms with Crippen LogP contribution in [0.5, 0.6) is 0 Å². The predicted octanol–water partition coefficient (Wildman–Crippen LogP) is 0.947. The van der Waals surface area contributed by atoms with Crippen molar-refractivity contribution in [1.82, 2.24) is 15.1 Å². The molecule has 0 aromatic heterocycles. The number of hydrogen-bond acceptors (Lipinski definition) is 6. The first-order valence-corrected chi connectivity index (χ1v) is 11.3. The minimum atomic E-state index is -1.03. The van der Waals surface area contributed by atoms with Crippen LogP contribution in [-0.2, 0) is 9.59 Å². The van der Waals surface area contributed by atoms with Gasteiger partial charge in [0.1, 0.15) is 5.70 Å². The zero-order valence-corrected chi connectivity index (χ0v) is 17.5. The second-order valence-corrected chi connectivity index (χ2v) is 10.1. The van der Waals surface area contributed by atoms with E-state index < -0.39 is 18.0 Å². The Kier molecular flexibility index (Phi) is 5.75. The van der Waals surface area contributed by atoms with Gasteiger partial charge in [-0.05, 0) is 51.7 Å².